The number of carbonyl (C=O) groups excluding carboxylic acids is 3. The van der Waals surface area contributed by atoms with E-state index in [-0.39, 0.29) is 30.3 Å². The number of carbonyl (C=O) groups is 3. The fourth-order valence-electron chi connectivity index (χ4n) is 9.07. The third-order valence-corrected chi connectivity index (χ3v) is 13.5. The molecule has 0 aromatic rings. The van der Waals surface area contributed by atoms with Gasteiger partial charge < -0.3 is 44.8 Å². The number of rotatable bonds is 3. The van der Waals surface area contributed by atoms with Gasteiger partial charge in [-0.15, -0.1) is 0 Å². The van der Waals surface area contributed by atoms with Crippen LogP contribution in [0.1, 0.15) is 115 Å². The predicted molar refractivity (Wildman–Crippen MR) is 216 cm³/mol. The molecule has 1 spiro atoms. The summed E-state index contributed by atoms with van der Waals surface area (Å²) in [6, 6.07) is 0. The van der Waals surface area contributed by atoms with E-state index in [1.54, 1.807) is 32.9 Å². The highest BCUT2D eigenvalue weighted by Gasteiger charge is 2.56. The van der Waals surface area contributed by atoms with Crippen LogP contribution in [0, 0.1) is 53.3 Å². The van der Waals surface area contributed by atoms with E-state index < -0.39 is 107 Å². The normalized spacial score (nSPS) is 47.5. The number of fused-ring (bicyclic) bond motifs is 2. The first-order chi connectivity index (χ1) is 26.5. The smallest absolute Gasteiger partial charge is 0.330 e. The van der Waals surface area contributed by atoms with Gasteiger partial charge in [0.25, 0.3) is 0 Å². The van der Waals surface area contributed by atoms with Crippen molar-refractivity contribution in [2.45, 2.75) is 175 Å². The minimum atomic E-state index is -2.22. The number of aliphatic hydroxyl groups excluding tert-OH is 5. The van der Waals surface area contributed by atoms with E-state index in [2.05, 4.69) is 6.92 Å². The maximum absolute atomic E-state index is 13.5. The minimum Gasteiger partial charge on any atom is -0.458 e. The van der Waals surface area contributed by atoms with Gasteiger partial charge in [-0.3, -0.25) is 9.59 Å². The van der Waals surface area contributed by atoms with Crippen LogP contribution in [0.15, 0.2) is 36.5 Å². The zero-order chi connectivity index (χ0) is 43.2. The number of allylic oxidation sites excluding steroid dienone is 3. The molecule has 0 radical (unpaired) electrons. The Labute approximate surface area is 340 Å². The van der Waals surface area contributed by atoms with Crippen molar-refractivity contribution in [2.24, 2.45) is 53.3 Å². The second-order valence-corrected chi connectivity index (χ2v) is 18.1. The molecular weight excluding hydrogens is 732 g/mol. The van der Waals surface area contributed by atoms with Crippen molar-refractivity contribution in [1.29, 1.82) is 0 Å². The van der Waals surface area contributed by atoms with Crippen molar-refractivity contribution in [3.63, 3.8) is 0 Å². The second-order valence-electron chi connectivity index (χ2n) is 18.1. The predicted octanol–water partition coefficient (Wildman–Crippen LogP) is 4.85. The summed E-state index contributed by atoms with van der Waals surface area (Å²) in [6.07, 6.45) is 5.74. The van der Waals surface area contributed by atoms with Gasteiger partial charge in [-0.1, -0.05) is 92.7 Å². The molecule has 6 N–H and O–H groups in total. The first kappa shape index (κ1) is 49.1. The number of aliphatic hydroxyl groups is 6. The van der Waals surface area contributed by atoms with Crippen molar-refractivity contribution in [3.8, 4) is 0 Å². The Morgan fingerprint density at radius 1 is 0.860 bits per heavy atom. The van der Waals surface area contributed by atoms with Gasteiger partial charge in [0.1, 0.15) is 17.5 Å². The molecule has 3 rings (SSSR count). The van der Waals surface area contributed by atoms with Gasteiger partial charge in [0.05, 0.1) is 42.7 Å². The summed E-state index contributed by atoms with van der Waals surface area (Å²) >= 11 is 0. The number of esters is 1. The minimum absolute atomic E-state index is 0.164. The standard InChI is InChI=1S/C45H74O12/c1-12-33-17-15-13-14-16-26(4)42(52)44(11,54)43(53)31(9)40(51)30(8)39(50)29(7)38(49)25(3)18-19-37(48)55-41-28(6)36(23-34(33)47)57-45(32(41)10)21-20-24(2)35(56-45)22-27(5)46/h13-15,17-19,24-36,38,40-42,46-47,49,51-52,54H,12,16,20-23H2,1-11H3/b14-13+,17-15+,19-18+/t24-,25-,26+,27+,28+,29-,30-,31-,32-,33-,34-,35-,36-,38+,40+,41+,42-,44+,45+/m1/s1. The van der Waals surface area contributed by atoms with Crippen LogP contribution in [0.5, 0.6) is 0 Å². The Kier molecular flexibility index (Phi) is 17.9. The van der Waals surface area contributed by atoms with Crippen molar-refractivity contribution in [3.05, 3.63) is 36.5 Å². The fraction of sp³-hybridized carbons (Fsp3) is 0.800. The third-order valence-electron chi connectivity index (χ3n) is 13.5. The Hall–Kier alpha value is -2.29. The van der Waals surface area contributed by atoms with Gasteiger partial charge in [0.2, 0.25) is 0 Å². The Bertz CT molecular complexity index is 1420. The van der Waals surface area contributed by atoms with E-state index in [1.165, 1.54) is 39.8 Å². The molecule has 0 saturated carbocycles. The molecule has 12 heteroatoms. The number of Topliss-reactive ketones (excluding diaryl/α,β-unsaturated/α-hetero) is 2. The molecule has 0 aromatic heterocycles. The number of ether oxygens (including phenoxy) is 3. The average molecular weight is 807 g/mol. The zero-order valence-corrected chi connectivity index (χ0v) is 36.2. The maximum Gasteiger partial charge on any atom is 0.330 e. The van der Waals surface area contributed by atoms with Crippen LogP contribution in [0.4, 0.5) is 0 Å². The highest BCUT2D eigenvalue weighted by atomic mass is 16.7. The first-order valence-electron chi connectivity index (χ1n) is 21.3. The number of hydrogen-bond acceptors (Lipinski definition) is 12. The van der Waals surface area contributed by atoms with Crippen LogP contribution < -0.4 is 0 Å². The average Bonchev–Trinajstić information content (AvgIpc) is 3.17. The van der Waals surface area contributed by atoms with E-state index in [0.29, 0.717) is 25.7 Å². The van der Waals surface area contributed by atoms with Crippen molar-refractivity contribution >= 4 is 17.5 Å². The van der Waals surface area contributed by atoms with E-state index in [9.17, 15) is 45.0 Å². The van der Waals surface area contributed by atoms with E-state index >= 15 is 0 Å². The summed E-state index contributed by atoms with van der Waals surface area (Å²) in [5.74, 6) is -8.49. The van der Waals surface area contributed by atoms with Crippen LogP contribution in [0.2, 0.25) is 0 Å². The highest BCUT2D eigenvalue weighted by Crippen LogP contribution is 2.49. The van der Waals surface area contributed by atoms with Gasteiger partial charge in [-0.2, -0.15) is 0 Å². The molecule has 0 amide bonds. The zero-order valence-electron chi connectivity index (χ0n) is 36.2. The molecule has 0 unspecified atom stereocenters. The van der Waals surface area contributed by atoms with Crippen LogP contribution in [0.25, 0.3) is 0 Å². The lowest BCUT2D eigenvalue weighted by atomic mass is 9.74. The van der Waals surface area contributed by atoms with Crippen molar-refractivity contribution < 1.29 is 59.2 Å². The number of ketones is 2. The van der Waals surface area contributed by atoms with E-state index in [4.69, 9.17) is 14.2 Å². The molecule has 3 aliphatic heterocycles. The van der Waals surface area contributed by atoms with Gasteiger partial charge >= 0.3 is 5.97 Å². The van der Waals surface area contributed by atoms with Gasteiger partial charge in [0, 0.05) is 60.3 Å². The molecular formula is C45H74O12. The highest BCUT2D eigenvalue weighted by molar-refractivity contribution is 5.91. The molecule has 19 atom stereocenters. The lowest BCUT2D eigenvalue weighted by molar-refractivity contribution is -0.372. The molecule has 0 aliphatic carbocycles. The van der Waals surface area contributed by atoms with Crippen LogP contribution in [-0.2, 0) is 28.6 Å². The topological polar surface area (TPSA) is 200 Å². The third kappa shape index (κ3) is 11.7. The van der Waals surface area contributed by atoms with Crippen molar-refractivity contribution in [1.82, 2.24) is 0 Å². The Morgan fingerprint density at radius 3 is 2.11 bits per heavy atom. The molecule has 326 valence electrons. The lowest BCUT2D eigenvalue weighted by Gasteiger charge is -2.55. The number of hydrogen-bond donors (Lipinski definition) is 6. The van der Waals surface area contributed by atoms with E-state index in [1.807, 2.05) is 32.9 Å². The molecule has 12 nitrogen and oxygen atoms in total. The molecule has 2 saturated heterocycles. The second kappa shape index (κ2) is 20.8. The summed E-state index contributed by atoms with van der Waals surface area (Å²) in [5, 5.41) is 66.7. The van der Waals surface area contributed by atoms with Crippen molar-refractivity contribution in [2.75, 3.05) is 0 Å². The molecule has 2 bridgehead atoms. The molecule has 3 heterocycles. The maximum atomic E-state index is 13.5. The molecule has 0 aromatic carbocycles. The van der Waals surface area contributed by atoms with Gasteiger partial charge in [0.15, 0.2) is 11.6 Å². The van der Waals surface area contributed by atoms with Crippen LogP contribution >= 0.6 is 0 Å². The van der Waals surface area contributed by atoms with Gasteiger partial charge in [-0.05, 0) is 51.4 Å². The SMILES string of the molecule is CC[C@@H]1/C=C/C=C/C[C@H](C)[C@@H](O)[C@](C)(O)C(=O)[C@H](C)[C@@H](O)[C@H](C)C(=O)[C@H](C)[C@@H](O)[C@H](C)/C=C/C(=O)O[C@H]2[C@@H](C)[C@@H](C[C@H]1O)O[C@@]1(CC[C@@H](C)[C@@H](C[C@H](C)O)O1)[C@@H]2C. The quantitative estimate of drug-likeness (QED) is 0.212. The molecule has 3 aliphatic rings. The fourth-order valence-corrected chi connectivity index (χ4v) is 9.07. The molecule has 2 fully saturated rings. The van der Waals surface area contributed by atoms with Crippen LogP contribution in [0.3, 0.4) is 0 Å². The summed E-state index contributed by atoms with van der Waals surface area (Å²) in [5.41, 5.74) is -2.22. The molecule has 57 heavy (non-hydrogen) atoms. The van der Waals surface area contributed by atoms with E-state index in [0.717, 1.165) is 6.42 Å². The summed E-state index contributed by atoms with van der Waals surface area (Å²) in [4.78, 5) is 40.6. The lowest BCUT2D eigenvalue weighted by Crippen LogP contribution is -2.62. The summed E-state index contributed by atoms with van der Waals surface area (Å²) in [6.45, 7) is 18.6. The Morgan fingerprint density at radius 2 is 1.49 bits per heavy atom. The monoisotopic (exact) mass is 807 g/mol. The largest absolute Gasteiger partial charge is 0.458 e. The van der Waals surface area contributed by atoms with Gasteiger partial charge in [-0.25, -0.2) is 4.79 Å². The Balaban J connectivity index is 2.02. The summed E-state index contributed by atoms with van der Waals surface area (Å²) < 4.78 is 19.8. The van der Waals surface area contributed by atoms with Crippen LogP contribution in [-0.4, -0.2) is 108 Å². The first-order valence-corrected chi connectivity index (χ1v) is 21.3. The summed E-state index contributed by atoms with van der Waals surface area (Å²) in [7, 11) is 0.